The van der Waals surface area contributed by atoms with Crippen molar-refractivity contribution in [2.75, 3.05) is 13.1 Å². The Morgan fingerprint density at radius 1 is 1.04 bits per heavy atom. The van der Waals surface area contributed by atoms with Crippen LogP contribution in [-0.4, -0.2) is 44.9 Å². The van der Waals surface area contributed by atoms with Crippen LogP contribution in [0.25, 0.3) is 0 Å². The quantitative estimate of drug-likeness (QED) is 0.831. The number of nitrogens with zero attached hydrogens (tertiary/aromatic N) is 2. The summed E-state index contributed by atoms with van der Waals surface area (Å²) in [6.45, 7) is 1.66. The van der Waals surface area contributed by atoms with Crippen LogP contribution in [0.2, 0.25) is 5.02 Å². The molecule has 140 valence electrons. The third-order valence-corrected chi connectivity index (χ3v) is 5.51. The van der Waals surface area contributed by atoms with Crippen LogP contribution in [-0.2, 0) is 11.3 Å². The van der Waals surface area contributed by atoms with E-state index in [0.29, 0.717) is 13.1 Å². The molecular formula is C20H19ClN2O4. The SMILES string of the molecule is O=C([C@H]1c2ccccc2CN1C(=O)c1cc(Cl)c(O)cc1O)N1CCCC1. The van der Waals surface area contributed by atoms with Gasteiger partial charge < -0.3 is 20.0 Å². The molecule has 0 unspecified atom stereocenters. The Morgan fingerprint density at radius 2 is 1.74 bits per heavy atom. The van der Waals surface area contributed by atoms with E-state index in [1.807, 2.05) is 24.3 Å². The summed E-state index contributed by atoms with van der Waals surface area (Å²) in [5.74, 6) is -1.27. The van der Waals surface area contributed by atoms with Gasteiger partial charge in [-0.1, -0.05) is 35.9 Å². The molecule has 1 saturated heterocycles. The fraction of sp³-hybridized carbons (Fsp3) is 0.300. The predicted molar refractivity (Wildman–Crippen MR) is 99.7 cm³/mol. The zero-order valence-corrected chi connectivity index (χ0v) is 15.3. The Bertz CT molecular complexity index is 924. The van der Waals surface area contributed by atoms with E-state index in [0.717, 1.165) is 30.0 Å². The summed E-state index contributed by atoms with van der Waals surface area (Å²) in [4.78, 5) is 29.6. The highest BCUT2D eigenvalue weighted by Crippen LogP contribution is 2.39. The molecule has 2 aliphatic heterocycles. The minimum absolute atomic E-state index is 0.0321. The van der Waals surface area contributed by atoms with Crippen LogP contribution in [0.5, 0.6) is 11.5 Å². The zero-order chi connectivity index (χ0) is 19.1. The lowest BCUT2D eigenvalue weighted by Crippen LogP contribution is -2.41. The molecule has 6 nitrogen and oxygen atoms in total. The van der Waals surface area contributed by atoms with Crippen molar-refractivity contribution in [2.24, 2.45) is 0 Å². The van der Waals surface area contributed by atoms with E-state index in [4.69, 9.17) is 11.6 Å². The van der Waals surface area contributed by atoms with E-state index >= 15 is 0 Å². The summed E-state index contributed by atoms with van der Waals surface area (Å²) < 4.78 is 0. The van der Waals surface area contributed by atoms with Gasteiger partial charge in [0.2, 0.25) is 5.91 Å². The highest BCUT2D eigenvalue weighted by Gasteiger charge is 2.41. The average Bonchev–Trinajstić information content (AvgIpc) is 3.31. The lowest BCUT2D eigenvalue weighted by atomic mass is 10.0. The molecule has 2 N–H and O–H groups in total. The van der Waals surface area contributed by atoms with Crippen molar-refractivity contribution < 1.29 is 19.8 Å². The lowest BCUT2D eigenvalue weighted by molar-refractivity contribution is -0.135. The van der Waals surface area contributed by atoms with Crippen molar-refractivity contribution in [2.45, 2.75) is 25.4 Å². The van der Waals surface area contributed by atoms with Gasteiger partial charge in [-0.25, -0.2) is 0 Å². The third-order valence-electron chi connectivity index (χ3n) is 5.21. The zero-order valence-electron chi connectivity index (χ0n) is 14.6. The molecule has 0 saturated carbocycles. The average molecular weight is 387 g/mol. The highest BCUT2D eigenvalue weighted by atomic mass is 35.5. The molecule has 0 aliphatic carbocycles. The maximum Gasteiger partial charge on any atom is 0.258 e. The number of phenols is 2. The van der Waals surface area contributed by atoms with Crippen LogP contribution in [0.3, 0.4) is 0 Å². The maximum absolute atomic E-state index is 13.2. The molecule has 4 rings (SSSR count). The van der Waals surface area contributed by atoms with E-state index in [1.165, 1.54) is 11.0 Å². The first-order valence-corrected chi connectivity index (χ1v) is 9.24. The number of amides is 2. The minimum atomic E-state index is -0.723. The fourth-order valence-corrected chi connectivity index (χ4v) is 3.99. The molecular weight excluding hydrogens is 368 g/mol. The number of benzene rings is 2. The van der Waals surface area contributed by atoms with Crippen LogP contribution in [0, 0.1) is 0 Å². The second kappa shape index (κ2) is 6.78. The van der Waals surface area contributed by atoms with Crippen molar-refractivity contribution in [3.8, 4) is 11.5 Å². The number of phenolic OH excluding ortho intramolecular Hbond substituents is 2. The van der Waals surface area contributed by atoms with E-state index in [-0.39, 0.29) is 34.5 Å². The number of fused-ring (bicyclic) bond motifs is 1. The van der Waals surface area contributed by atoms with Gasteiger partial charge in [0.25, 0.3) is 5.91 Å². The molecule has 0 radical (unpaired) electrons. The number of halogens is 1. The third kappa shape index (κ3) is 3.00. The van der Waals surface area contributed by atoms with Crippen LogP contribution in [0.1, 0.15) is 40.4 Å². The molecule has 2 aromatic carbocycles. The van der Waals surface area contributed by atoms with E-state index in [9.17, 15) is 19.8 Å². The summed E-state index contributed by atoms with van der Waals surface area (Å²) in [7, 11) is 0. The summed E-state index contributed by atoms with van der Waals surface area (Å²) in [6.07, 6.45) is 1.92. The van der Waals surface area contributed by atoms with Gasteiger partial charge in [0.1, 0.15) is 17.5 Å². The normalized spacial score (nSPS) is 18.6. The second-order valence-corrected chi connectivity index (χ2v) is 7.29. The van der Waals surface area contributed by atoms with Gasteiger partial charge in [-0.3, -0.25) is 9.59 Å². The number of rotatable bonds is 2. The Hall–Kier alpha value is -2.73. The Balaban J connectivity index is 1.73. The predicted octanol–water partition coefficient (Wildman–Crippen LogP) is 3.07. The van der Waals surface area contributed by atoms with Gasteiger partial charge in [0.05, 0.1) is 10.6 Å². The lowest BCUT2D eigenvalue weighted by Gasteiger charge is -2.28. The van der Waals surface area contributed by atoms with Gasteiger partial charge in [-0.2, -0.15) is 0 Å². The first-order valence-electron chi connectivity index (χ1n) is 8.86. The maximum atomic E-state index is 13.2. The number of hydrogen-bond donors (Lipinski definition) is 2. The molecule has 2 heterocycles. The van der Waals surface area contributed by atoms with E-state index < -0.39 is 11.9 Å². The van der Waals surface area contributed by atoms with Gasteiger partial charge in [-0.05, 0) is 30.0 Å². The van der Waals surface area contributed by atoms with Crippen LogP contribution in [0.15, 0.2) is 36.4 Å². The molecule has 2 aromatic rings. The molecule has 0 spiro atoms. The van der Waals surface area contributed by atoms with Crippen molar-refractivity contribution in [1.82, 2.24) is 9.80 Å². The summed E-state index contributed by atoms with van der Waals surface area (Å²) in [6, 6.07) is 9.04. The number of hydrogen-bond acceptors (Lipinski definition) is 4. The summed E-state index contributed by atoms with van der Waals surface area (Å²) in [5, 5.41) is 19.7. The van der Waals surface area contributed by atoms with Crippen LogP contribution >= 0.6 is 11.6 Å². The van der Waals surface area contributed by atoms with Gasteiger partial charge in [0, 0.05) is 25.7 Å². The van der Waals surface area contributed by atoms with E-state index in [1.54, 1.807) is 4.90 Å². The number of likely N-dealkylation sites (tertiary alicyclic amines) is 1. The number of carbonyl (C=O) groups is 2. The highest BCUT2D eigenvalue weighted by molar-refractivity contribution is 6.32. The topological polar surface area (TPSA) is 81.1 Å². The van der Waals surface area contributed by atoms with Crippen LogP contribution < -0.4 is 0 Å². The fourth-order valence-electron chi connectivity index (χ4n) is 3.83. The molecule has 7 heteroatoms. The first kappa shape index (κ1) is 17.7. The minimum Gasteiger partial charge on any atom is -0.507 e. The molecule has 2 amide bonds. The Labute approximate surface area is 161 Å². The van der Waals surface area contributed by atoms with Gasteiger partial charge >= 0.3 is 0 Å². The smallest absolute Gasteiger partial charge is 0.258 e. The first-order chi connectivity index (χ1) is 13.0. The molecule has 0 aromatic heterocycles. The summed E-state index contributed by atoms with van der Waals surface area (Å²) >= 11 is 5.92. The molecule has 27 heavy (non-hydrogen) atoms. The van der Waals surface area contributed by atoms with Gasteiger partial charge in [-0.15, -0.1) is 0 Å². The van der Waals surface area contributed by atoms with Gasteiger partial charge in [0.15, 0.2) is 0 Å². The van der Waals surface area contributed by atoms with Crippen LogP contribution in [0.4, 0.5) is 0 Å². The van der Waals surface area contributed by atoms with Crippen molar-refractivity contribution in [3.63, 3.8) is 0 Å². The second-order valence-electron chi connectivity index (χ2n) is 6.89. The molecule has 0 bridgehead atoms. The monoisotopic (exact) mass is 386 g/mol. The molecule has 1 atom stereocenters. The largest absolute Gasteiger partial charge is 0.507 e. The Morgan fingerprint density at radius 3 is 2.48 bits per heavy atom. The van der Waals surface area contributed by atoms with Crippen molar-refractivity contribution in [3.05, 3.63) is 58.1 Å². The number of aromatic hydroxyl groups is 2. The van der Waals surface area contributed by atoms with E-state index in [2.05, 4.69) is 0 Å². The standard InChI is InChI=1S/C20H19ClN2O4/c21-15-9-14(16(24)10-17(15)25)19(26)23-11-12-5-1-2-6-13(12)18(23)20(27)22-7-3-4-8-22/h1-2,5-6,9-10,18,24-25H,3-4,7-8,11H2/t18-/m1/s1. The van der Waals surface area contributed by atoms with Crippen molar-refractivity contribution in [1.29, 1.82) is 0 Å². The summed E-state index contributed by atoms with van der Waals surface area (Å²) in [5.41, 5.74) is 1.68. The molecule has 1 fully saturated rings. The number of carbonyl (C=O) groups excluding carboxylic acids is 2. The van der Waals surface area contributed by atoms with Crippen molar-refractivity contribution >= 4 is 23.4 Å². The Kier molecular flexibility index (Phi) is 4.44. The molecule has 2 aliphatic rings.